The number of nitrogens with two attached hydrogens (primary N) is 1. The van der Waals surface area contributed by atoms with Crippen LogP contribution in [0.15, 0.2) is 18.2 Å². The lowest BCUT2D eigenvalue weighted by Gasteiger charge is -2.32. The van der Waals surface area contributed by atoms with Crippen molar-refractivity contribution in [3.63, 3.8) is 0 Å². The van der Waals surface area contributed by atoms with Crippen LogP contribution in [0.5, 0.6) is 5.75 Å². The maximum atomic E-state index is 6.04. The van der Waals surface area contributed by atoms with Crippen LogP contribution < -0.4 is 10.5 Å². The average Bonchev–Trinajstić information content (AvgIpc) is 2.37. The molecule has 1 rings (SSSR count). The Hall–Kier alpha value is -1.06. The fourth-order valence-electron chi connectivity index (χ4n) is 2.47. The second-order valence-corrected chi connectivity index (χ2v) is 7.58. The zero-order valence-corrected chi connectivity index (χ0v) is 14.6. The minimum absolute atomic E-state index is 0.0183. The highest BCUT2D eigenvalue weighted by Gasteiger charge is 2.28. The summed E-state index contributed by atoms with van der Waals surface area (Å²) < 4.78 is 11.3. The van der Waals surface area contributed by atoms with Crippen LogP contribution in [0, 0.1) is 0 Å². The Morgan fingerprint density at radius 2 is 1.67 bits per heavy atom. The fourth-order valence-corrected chi connectivity index (χ4v) is 2.47. The standard InChI is InChI=1S/C18H31NO2/c1-17(2,3)14-9-8-10-15(16(14)18(4,5)6)21-12-13(11-19)20-7/h8-10,13H,11-12,19H2,1-7H3. The van der Waals surface area contributed by atoms with Crippen molar-refractivity contribution in [1.82, 2.24) is 0 Å². The molecule has 21 heavy (non-hydrogen) atoms. The molecule has 0 fully saturated rings. The second-order valence-electron chi connectivity index (χ2n) is 7.58. The predicted octanol–water partition coefficient (Wildman–Crippen LogP) is 3.63. The first-order valence-corrected chi connectivity index (χ1v) is 7.61. The van der Waals surface area contributed by atoms with Crippen molar-refractivity contribution in [2.24, 2.45) is 5.73 Å². The van der Waals surface area contributed by atoms with Gasteiger partial charge in [0.25, 0.3) is 0 Å². The van der Waals surface area contributed by atoms with Gasteiger partial charge in [-0.05, 0) is 22.5 Å². The molecule has 1 unspecified atom stereocenters. The summed E-state index contributed by atoms with van der Waals surface area (Å²) in [6.07, 6.45) is -0.0730. The fraction of sp³-hybridized carbons (Fsp3) is 0.667. The minimum Gasteiger partial charge on any atom is -0.491 e. The van der Waals surface area contributed by atoms with Crippen LogP contribution in [0.2, 0.25) is 0 Å². The summed E-state index contributed by atoms with van der Waals surface area (Å²) in [6.45, 7) is 14.3. The Labute approximate surface area is 129 Å². The van der Waals surface area contributed by atoms with Gasteiger partial charge in [0, 0.05) is 19.2 Å². The van der Waals surface area contributed by atoms with Gasteiger partial charge >= 0.3 is 0 Å². The van der Waals surface area contributed by atoms with Crippen LogP contribution in [0.1, 0.15) is 52.7 Å². The molecule has 0 spiro atoms. The molecule has 3 heteroatoms. The van der Waals surface area contributed by atoms with Gasteiger partial charge in [0.2, 0.25) is 0 Å². The minimum atomic E-state index is -0.0730. The van der Waals surface area contributed by atoms with Crippen LogP contribution in [0.3, 0.4) is 0 Å². The van der Waals surface area contributed by atoms with E-state index in [1.165, 1.54) is 11.1 Å². The van der Waals surface area contributed by atoms with Gasteiger partial charge in [0.1, 0.15) is 18.5 Å². The molecule has 1 aromatic carbocycles. The van der Waals surface area contributed by atoms with Gasteiger partial charge in [-0.1, -0.05) is 53.7 Å². The van der Waals surface area contributed by atoms with Gasteiger partial charge in [-0.3, -0.25) is 0 Å². The van der Waals surface area contributed by atoms with Crippen LogP contribution in [0.4, 0.5) is 0 Å². The van der Waals surface area contributed by atoms with Crippen LogP contribution >= 0.6 is 0 Å². The highest BCUT2D eigenvalue weighted by Crippen LogP contribution is 2.39. The lowest BCUT2D eigenvalue weighted by molar-refractivity contribution is 0.0636. The Morgan fingerprint density at radius 3 is 2.10 bits per heavy atom. The summed E-state index contributed by atoms with van der Waals surface area (Å²) >= 11 is 0. The van der Waals surface area contributed by atoms with E-state index in [-0.39, 0.29) is 16.9 Å². The quantitative estimate of drug-likeness (QED) is 0.901. The summed E-state index contributed by atoms with van der Waals surface area (Å²) in [6, 6.07) is 6.30. The molecule has 0 saturated carbocycles. The highest BCUT2D eigenvalue weighted by atomic mass is 16.5. The van der Waals surface area contributed by atoms with E-state index in [1.54, 1.807) is 7.11 Å². The van der Waals surface area contributed by atoms with Crippen molar-refractivity contribution in [3.05, 3.63) is 29.3 Å². The third kappa shape index (κ3) is 4.72. The molecule has 0 saturated heterocycles. The molecule has 0 aliphatic rings. The van der Waals surface area contributed by atoms with E-state index in [2.05, 4.69) is 53.7 Å². The van der Waals surface area contributed by atoms with Crippen molar-refractivity contribution < 1.29 is 9.47 Å². The summed E-state index contributed by atoms with van der Waals surface area (Å²) in [4.78, 5) is 0. The van der Waals surface area contributed by atoms with E-state index in [0.29, 0.717) is 13.2 Å². The third-order valence-electron chi connectivity index (χ3n) is 3.61. The number of hydrogen-bond donors (Lipinski definition) is 1. The number of ether oxygens (including phenoxy) is 2. The molecule has 1 aromatic rings. The molecular weight excluding hydrogens is 262 g/mol. The summed E-state index contributed by atoms with van der Waals surface area (Å²) in [7, 11) is 1.66. The van der Waals surface area contributed by atoms with E-state index in [0.717, 1.165) is 5.75 Å². The zero-order valence-electron chi connectivity index (χ0n) is 14.6. The molecule has 0 aliphatic heterocycles. The molecule has 0 aliphatic carbocycles. The Bertz CT molecular complexity index is 451. The monoisotopic (exact) mass is 293 g/mol. The number of hydrogen-bond acceptors (Lipinski definition) is 3. The Kier molecular flexibility index (Phi) is 5.83. The summed E-state index contributed by atoms with van der Waals surface area (Å²) in [5.74, 6) is 0.936. The molecular formula is C18H31NO2. The molecule has 0 radical (unpaired) electrons. The third-order valence-corrected chi connectivity index (χ3v) is 3.61. The topological polar surface area (TPSA) is 44.5 Å². The lowest BCUT2D eigenvalue weighted by Crippen LogP contribution is -2.30. The molecule has 0 heterocycles. The van der Waals surface area contributed by atoms with E-state index in [4.69, 9.17) is 15.2 Å². The Morgan fingerprint density at radius 1 is 1.05 bits per heavy atom. The number of benzene rings is 1. The van der Waals surface area contributed by atoms with Gasteiger partial charge in [-0.25, -0.2) is 0 Å². The normalized spacial score (nSPS) is 14.1. The smallest absolute Gasteiger partial charge is 0.123 e. The van der Waals surface area contributed by atoms with E-state index in [9.17, 15) is 0 Å². The highest BCUT2D eigenvalue weighted by molar-refractivity contribution is 5.47. The SMILES string of the molecule is COC(CN)COc1cccc(C(C)(C)C)c1C(C)(C)C. The lowest BCUT2D eigenvalue weighted by atomic mass is 9.75. The van der Waals surface area contributed by atoms with E-state index in [1.807, 2.05) is 6.07 Å². The zero-order chi connectivity index (χ0) is 16.3. The molecule has 1 atom stereocenters. The molecule has 120 valence electrons. The summed E-state index contributed by atoms with van der Waals surface area (Å²) in [5.41, 5.74) is 8.36. The van der Waals surface area contributed by atoms with Gasteiger partial charge in [-0.15, -0.1) is 0 Å². The largest absolute Gasteiger partial charge is 0.491 e. The van der Waals surface area contributed by atoms with Gasteiger partial charge < -0.3 is 15.2 Å². The van der Waals surface area contributed by atoms with Crippen molar-refractivity contribution in [2.45, 2.75) is 58.5 Å². The first-order valence-electron chi connectivity index (χ1n) is 7.61. The van der Waals surface area contributed by atoms with Gasteiger partial charge in [0.15, 0.2) is 0 Å². The molecule has 0 aromatic heterocycles. The molecule has 0 amide bonds. The van der Waals surface area contributed by atoms with Crippen LogP contribution in [0.25, 0.3) is 0 Å². The van der Waals surface area contributed by atoms with Crippen molar-refractivity contribution in [1.29, 1.82) is 0 Å². The van der Waals surface area contributed by atoms with Crippen molar-refractivity contribution >= 4 is 0 Å². The van der Waals surface area contributed by atoms with Crippen LogP contribution in [-0.4, -0.2) is 26.4 Å². The number of rotatable bonds is 5. The summed E-state index contributed by atoms with van der Waals surface area (Å²) in [5, 5.41) is 0. The average molecular weight is 293 g/mol. The van der Waals surface area contributed by atoms with E-state index >= 15 is 0 Å². The molecule has 2 N–H and O–H groups in total. The first-order chi connectivity index (χ1) is 9.61. The van der Waals surface area contributed by atoms with Gasteiger partial charge in [-0.2, -0.15) is 0 Å². The van der Waals surface area contributed by atoms with Gasteiger partial charge in [0.05, 0.1) is 0 Å². The maximum Gasteiger partial charge on any atom is 0.123 e. The van der Waals surface area contributed by atoms with E-state index < -0.39 is 0 Å². The van der Waals surface area contributed by atoms with Crippen molar-refractivity contribution in [2.75, 3.05) is 20.3 Å². The second kappa shape index (κ2) is 6.80. The maximum absolute atomic E-state index is 6.04. The molecule has 0 bridgehead atoms. The van der Waals surface area contributed by atoms with Crippen molar-refractivity contribution in [3.8, 4) is 5.75 Å². The molecule has 3 nitrogen and oxygen atoms in total. The first kappa shape index (κ1) is 18.0. The predicted molar refractivity (Wildman–Crippen MR) is 89.2 cm³/mol. The number of methoxy groups -OCH3 is 1. The Balaban J connectivity index is 3.20. The van der Waals surface area contributed by atoms with Crippen LogP contribution in [-0.2, 0) is 15.6 Å².